The summed E-state index contributed by atoms with van der Waals surface area (Å²) >= 11 is 0. The van der Waals surface area contributed by atoms with Crippen LogP contribution in [-0.4, -0.2) is 44.7 Å². The molecule has 1 saturated heterocycles. The number of benzene rings is 2. The highest BCUT2D eigenvalue weighted by molar-refractivity contribution is 7.91. The molecule has 1 atom stereocenters. The van der Waals surface area contributed by atoms with Gasteiger partial charge in [-0.15, -0.1) is 0 Å². The molecule has 0 amide bonds. The first-order valence-corrected chi connectivity index (χ1v) is 11.7. The minimum absolute atomic E-state index is 0.0485. The van der Waals surface area contributed by atoms with E-state index in [1.165, 1.54) is 13.4 Å². The molecular formula is C22H21NO7S. The summed E-state index contributed by atoms with van der Waals surface area (Å²) in [5.41, 5.74) is 0.838. The van der Waals surface area contributed by atoms with Crippen LogP contribution in [0.4, 0.5) is 0 Å². The molecule has 0 spiro atoms. The van der Waals surface area contributed by atoms with E-state index in [1.807, 2.05) is 11.0 Å². The molecule has 2 aromatic carbocycles. The van der Waals surface area contributed by atoms with Crippen LogP contribution in [0, 0.1) is 0 Å². The maximum absolute atomic E-state index is 13.1. The molecule has 162 valence electrons. The maximum atomic E-state index is 13.1. The van der Waals surface area contributed by atoms with Crippen LogP contribution in [-0.2, 0) is 16.4 Å². The second kappa shape index (κ2) is 7.58. The summed E-state index contributed by atoms with van der Waals surface area (Å²) in [5, 5.41) is 0.371. The van der Waals surface area contributed by atoms with Crippen LogP contribution >= 0.6 is 0 Å². The van der Waals surface area contributed by atoms with Crippen molar-refractivity contribution in [2.75, 3.05) is 25.3 Å². The van der Waals surface area contributed by atoms with Gasteiger partial charge in [-0.05, 0) is 30.7 Å². The summed E-state index contributed by atoms with van der Waals surface area (Å²) in [7, 11) is -1.48. The third kappa shape index (κ3) is 3.64. The predicted molar refractivity (Wildman–Crippen MR) is 114 cm³/mol. The largest absolute Gasteiger partial charge is 0.493 e. The van der Waals surface area contributed by atoms with Crippen LogP contribution in [0.5, 0.6) is 23.0 Å². The van der Waals surface area contributed by atoms with E-state index in [9.17, 15) is 13.2 Å². The topological polar surface area (TPSA) is 95.3 Å². The van der Waals surface area contributed by atoms with Crippen LogP contribution in [0.3, 0.4) is 0 Å². The quantitative estimate of drug-likeness (QED) is 0.607. The lowest BCUT2D eigenvalue weighted by Gasteiger charge is -2.33. The van der Waals surface area contributed by atoms with Crippen molar-refractivity contribution in [1.29, 1.82) is 0 Å². The number of sulfone groups is 1. The van der Waals surface area contributed by atoms with E-state index in [0.717, 1.165) is 5.56 Å². The summed E-state index contributed by atoms with van der Waals surface area (Å²) in [6.45, 7) is 0.750. The molecule has 5 rings (SSSR count). The van der Waals surface area contributed by atoms with Gasteiger partial charge in [0.05, 0.1) is 29.6 Å². The van der Waals surface area contributed by atoms with Crippen molar-refractivity contribution in [3.8, 4) is 23.0 Å². The van der Waals surface area contributed by atoms with E-state index in [4.69, 9.17) is 18.6 Å². The first kappa shape index (κ1) is 19.9. The number of ether oxygens (including phenoxy) is 3. The number of fused-ring (bicyclic) bond motifs is 3. The third-order valence-corrected chi connectivity index (χ3v) is 7.48. The summed E-state index contributed by atoms with van der Waals surface area (Å²) < 4.78 is 46.5. The Balaban J connectivity index is 1.49. The number of rotatable bonds is 4. The van der Waals surface area contributed by atoms with Gasteiger partial charge >= 0.3 is 0 Å². The highest BCUT2D eigenvalue weighted by Crippen LogP contribution is 2.35. The van der Waals surface area contributed by atoms with Crippen molar-refractivity contribution in [2.45, 2.75) is 19.0 Å². The second-order valence-corrected chi connectivity index (χ2v) is 9.91. The molecule has 1 aromatic heterocycles. The molecule has 1 fully saturated rings. The molecular weight excluding hydrogens is 422 g/mol. The van der Waals surface area contributed by atoms with Gasteiger partial charge in [0, 0.05) is 12.6 Å². The van der Waals surface area contributed by atoms with Crippen molar-refractivity contribution in [3.63, 3.8) is 0 Å². The Hall–Kier alpha value is -3.04. The minimum atomic E-state index is -3.01. The van der Waals surface area contributed by atoms with Crippen molar-refractivity contribution < 1.29 is 27.0 Å². The van der Waals surface area contributed by atoms with E-state index < -0.39 is 9.84 Å². The Morgan fingerprint density at radius 2 is 1.90 bits per heavy atom. The standard InChI is InChI=1S/C22H21NO7S/c1-27-18-4-2-3-5-19(18)30-20-11-28-22-15(21(20)24)6-7-17-16(22)10-23(13-29-17)14-8-9-31(25,26)12-14/h2-7,11,14H,8-10,12-13H2,1H3/t14-/m0/s1. The Morgan fingerprint density at radius 1 is 1.10 bits per heavy atom. The van der Waals surface area contributed by atoms with Gasteiger partial charge in [-0.3, -0.25) is 9.69 Å². The molecule has 0 unspecified atom stereocenters. The third-order valence-electron chi connectivity index (χ3n) is 5.73. The number of para-hydroxylation sites is 2. The van der Waals surface area contributed by atoms with Gasteiger partial charge in [0.15, 0.2) is 21.3 Å². The fourth-order valence-corrected chi connectivity index (χ4v) is 5.86. The SMILES string of the molecule is COc1ccccc1Oc1coc2c3c(ccc2c1=O)OCN([C@H]1CCS(=O)(=O)C1)C3. The smallest absolute Gasteiger partial charge is 0.235 e. The first-order valence-electron chi connectivity index (χ1n) is 9.91. The van der Waals surface area contributed by atoms with E-state index in [-0.39, 0.29) is 28.7 Å². The van der Waals surface area contributed by atoms with Crippen molar-refractivity contribution in [2.24, 2.45) is 0 Å². The highest BCUT2D eigenvalue weighted by atomic mass is 32.2. The monoisotopic (exact) mass is 443 g/mol. The lowest BCUT2D eigenvalue weighted by Crippen LogP contribution is -2.41. The Bertz CT molecular complexity index is 1320. The van der Waals surface area contributed by atoms with Crippen LogP contribution in [0.25, 0.3) is 11.0 Å². The Morgan fingerprint density at radius 3 is 2.65 bits per heavy atom. The van der Waals surface area contributed by atoms with E-state index in [0.29, 0.717) is 47.9 Å². The predicted octanol–water partition coefficient (Wildman–Crippen LogP) is 2.93. The fraction of sp³-hybridized carbons (Fsp3) is 0.318. The van der Waals surface area contributed by atoms with Gasteiger partial charge < -0.3 is 18.6 Å². The number of nitrogens with zero attached hydrogens (tertiary/aromatic N) is 1. The molecule has 8 nitrogen and oxygen atoms in total. The zero-order chi connectivity index (χ0) is 21.6. The second-order valence-electron chi connectivity index (χ2n) is 7.68. The first-order chi connectivity index (χ1) is 14.9. The molecule has 0 N–H and O–H groups in total. The summed E-state index contributed by atoms with van der Waals surface area (Å²) in [6, 6.07) is 10.3. The van der Waals surface area contributed by atoms with E-state index in [1.54, 1.807) is 30.3 Å². The average Bonchev–Trinajstić information content (AvgIpc) is 3.15. The molecule has 31 heavy (non-hydrogen) atoms. The van der Waals surface area contributed by atoms with Crippen LogP contribution in [0.15, 0.2) is 51.9 Å². The summed E-state index contributed by atoms with van der Waals surface area (Å²) in [5.74, 6) is 1.90. The van der Waals surface area contributed by atoms with Crippen LogP contribution in [0.1, 0.15) is 12.0 Å². The van der Waals surface area contributed by atoms with E-state index in [2.05, 4.69) is 0 Å². The van der Waals surface area contributed by atoms with E-state index >= 15 is 0 Å². The molecule has 3 aromatic rings. The molecule has 0 aliphatic carbocycles. The normalized spacial score (nSPS) is 20.2. The number of methoxy groups -OCH3 is 1. The zero-order valence-electron chi connectivity index (χ0n) is 16.9. The van der Waals surface area contributed by atoms with Gasteiger partial charge in [0.1, 0.15) is 24.3 Å². The number of hydrogen-bond acceptors (Lipinski definition) is 8. The van der Waals surface area contributed by atoms with Crippen molar-refractivity contribution in [3.05, 3.63) is 58.4 Å². The Labute approximate surface area is 178 Å². The molecule has 2 aliphatic rings. The summed E-state index contributed by atoms with van der Waals surface area (Å²) in [4.78, 5) is 15.1. The minimum Gasteiger partial charge on any atom is -0.493 e. The van der Waals surface area contributed by atoms with Gasteiger partial charge in [-0.1, -0.05) is 12.1 Å². The van der Waals surface area contributed by atoms with Crippen LogP contribution in [0.2, 0.25) is 0 Å². The lowest BCUT2D eigenvalue weighted by atomic mass is 10.1. The van der Waals surface area contributed by atoms with Crippen LogP contribution < -0.4 is 19.6 Å². The lowest BCUT2D eigenvalue weighted by molar-refractivity contribution is 0.0649. The number of hydrogen-bond donors (Lipinski definition) is 0. The molecule has 2 aliphatic heterocycles. The molecule has 9 heteroatoms. The molecule has 3 heterocycles. The highest BCUT2D eigenvalue weighted by Gasteiger charge is 2.35. The average molecular weight is 443 g/mol. The zero-order valence-corrected chi connectivity index (χ0v) is 17.7. The maximum Gasteiger partial charge on any atom is 0.235 e. The molecule has 0 saturated carbocycles. The van der Waals surface area contributed by atoms with Crippen molar-refractivity contribution >= 4 is 20.8 Å². The summed E-state index contributed by atoms with van der Waals surface area (Å²) in [6.07, 6.45) is 1.86. The molecule has 0 bridgehead atoms. The van der Waals surface area contributed by atoms with Gasteiger partial charge in [0.2, 0.25) is 11.2 Å². The van der Waals surface area contributed by atoms with Gasteiger partial charge in [-0.25, -0.2) is 8.42 Å². The Kier molecular flexibility index (Phi) is 4.86. The van der Waals surface area contributed by atoms with Crippen molar-refractivity contribution in [1.82, 2.24) is 4.90 Å². The molecule has 0 radical (unpaired) electrons. The van der Waals surface area contributed by atoms with Gasteiger partial charge in [0.25, 0.3) is 0 Å². The van der Waals surface area contributed by atoms with Gasteiger partial charge in [-0.2, -0.15) is 0 Å². The fourth-order valence-electron chi connectivity index (χ4n) is 4.10.